The van der Waals surface area contributed by atoms with Gasteiger partial charge in [-0.25, -0.2) is 0 Å². The summed E-state index contributed by atoms with van der Waals surface area (Å²) in [6, 6.07) is 8.06. The Kier molecular flexibility index (Phi) is 8.96. The summed E-state index contributed by atoms with van der Waals surface area (Å²) in [7, 11) is 3.39. The maximum atomic E-state index is 12.3. The van der Waals surface area contributed by atoms with Gasteiger partial charge in [0.05, 0.1) is 0 Å². The third-order valence-electron chi connectivity index (χ3n) is 5.16. The predicted octanol–water partition coefficient (Wildman–Crippen LogP) is 1.84. The Morgan fingerprint density at radius 2 is 2.03 bits per heavy atom. The number of aliphatic imine (C=N–C) groups is 1. The largest absolute Gasteiger partial charge is 0.356 e. The molecule has 0 bridgehead atoms. The van der Waals surface area contributed by atoms with Crippen molar-refractivity contribution in [3.63, 3.8) is 0 Å². The number of guanidine groups is 1. The minimum atomic E-state index is -0.0781. The second kappa shape index (κ2) is 11.4. The fourth-order valence-corrected chi connectivity index (χ4v) is 3.69. The molecule has 1 aromatic rings. The van der Waals surface area contributed by atoms with Crippen LogP contribution in [0.3, 0.4) is 0 Å². The zero-order valence-electron chi connectivity index (χ0n) is 18.0. The van der Waals surface area contributed by atoms with Gasteiger partial charge >= 0.3 is 0 Å². The van der Waals surface area contributed by atoms with Crippen LogP contribution in [-0.2, 0) is 11.2 Å². The lowest BCUT2D eigenvalue weighted by molar-refractivity contribution is -0.126. The van der Waals surface area contributed by atoms with Crippen LogP contribution in [-0.4, -0.2) is 50.5 Å². The number of rotatable bonds is 7. The second-order valence-corrected chi connectivity index (χ2v) is 7.90. The zero-order chi connectivity index (χ0) is 21.2. The lowest BCUT2D eigenvalue weighted by Gasteiger charge is -2.30. The molecule has 4 N–H and O–H groups in total. The van der Waals surface area contributed by atoms with Crippen LogP contribution in [0, 0.1) is 5.92 Å². The van der Waals surface area contributed by atoms with E-state index >= 15 is 0 Å². The van der Waals surface area contributed by atoms with Crippen molar-refractivity contribution in [2.75, 3.05) is 20.6 Å². The van der Waals surface area contributed by atoms with Gasteiger partial charge in [0.25, 0.3) is 5.91 Å². The van der Waals surface area contributed by atoms with E-state index in [2.05, 4.69) is 26.3 Å². The molecule has 0 aliphatic heterocycles. The number of nitrogens with one attached hydrogen (secondary N) is 4. The third kappa shape index (κ3) is 7.40. The van der Waals surface area contributed by atoms with E-state index in [1.165, 1.54) is 0 Å². The van der Waals surface area contributed by atoms with E-state index in [1.807, 2.05) is 38.1 Å². The highest BCUT2D eigenvalue weighted by Gasteiger charge is 2.27. The standard InChI is InChI=1S/C22H35N5O2/c1-15(2)26-21(29)18-9-6-10-19(14-18)27-22(24-4)25-12-11-16-7-5-8-17(13-16)20(28)23-3/h5,7-8,13,15,18-19H,6,9-12,14H2,1-4H3,(H,23,28)(H,26,29)(H2,24,25,27). The van der Waals surface area contributed by atoms with E-state index < -0.39 is 0 Å². The molecule has 0 radical (unpaired) electrons. The number of hydrogen-bond acceptors (Lipinski definition) is 3. The summed E-state index contributed by atoms with van der Waals surface area (Å²) in [5.74, 6) is 0.896. The van der Waals surface area contributed by atoms with Gasteiger partial charge < -0.3 is 21.3 Å². The van der Waals surface area contributed by atoms with Crippen LogP contribution in [0.15, 0.2) is 29.3 Å². The average molecular weight is 402 g/mol. The van der Waals surface area contributed by atoms with Gasteiger partial charge in [-0.15, -0.1) is 0 Å². The first-order chi connectivity index (χ1) is 13.9. The van der Waals surface area contributed by atoms with Crippen molar-refractivity contribution in [3.8, 4) is 0 Å². The monoisotopic (exact) mass is 401 g/mol. The minimum Gasteiger partial charge on any atom is -0.356 e. The molecule has 29 heavy (non-hydrogen) atoms. The fourth-order valence-electron chi connectivity index (χ4n) is 3.69. The Morgan fingerprint density at radius 3 is 2.72 bits per heavy atom. The molecule has 0 aromatic heterocycles. The van der Waals surface area contributed by atoms with Crippen molar-refractivity contribution < 1.29 is 9.59 Å². The molecular formula is C22H35N5O2. The first-order valence-corrected chi connectivity index (χ1v) is 10.5. The Balaban J connectivity index is 1.82. The Labute approximate surface area is 174 Å². The Hall–Kier alpha value is -2.57. The SMILES string of the molecule is CN=C(NCCc1cccc(C(=O)NC)c1)NC1CCCC(C(=O)NC(C)C)C1. The van der Waals surface area contributed by atoms with Crippen molar-refractivity contribution in [3.05, 3.63) is 35.4 Å². The van der Waals surface area contributed by atoms with E-state index in [9.17, 15) is 9.59 Å². The van der Waals surface area contributed by atoms with Gasteiger partial charge in [0.2, 0.25) is 5.91 Å². The summed E-state index contributed by atoms with van der Waals surface area (Å²) in [5, 5.41) is 12.5. The molecule has 0 saturated heterocycles. The number of carbonyl (C=O) groups is 2. The molecule has 1 saturated carbocycles. The minimum absolute atomic E-state index is 0.0641. The molecule has 1 aliphatic rings. The van der Waals surface area contributed by atoms with Gasteiger partial charge in [-0.2, -0.15) is 0 Å². The topological polar surface area (TPSA) is 94.6 Å². The molecule has 0 spiro atoms. The van der Waals surface area contributed by atoms with Crippen LogP contribution in [0.5, 0.6) is 0 Å². The molecule has 1 aliphatic carbocycles. The van der Waals surface area contributed by atoms with E-state index in [4.69, 9.17) is 0 Å². The summed E-state index contributed by atoms with van der Waals surface area (Å²) in [5.41, 5.74) is 1.76. The van der Waals surface area contributed by atoms with E-state index in [-0.39, 0.29) is 29.8 Å². The maximum Gasteiger partial charge on any atom is 0.251 e. The van der Waals surface area contributed by atoms with Crippen molar-refractivity contribution in [1.82, 2.24) is 21.3 Å². The molecule has 1 aromatic carbocycles. The molecule has 7 heteroatoms. The molecule has 160 valence electrons. The van der Waals surface area contributed by atoms with E-state index in [1.54, 1.807) is 14.1 Å². The highest BCUT2D eigenvalue weighted by Crippen LogP contribution is 2.24. The molecule has 2 rings (SSSR count). The highest BCUT2D eigenvalue weighted by atomic mass is 16.2. The number of carbonyl (C=O) groups excluding carboxylic acids is 2. The smallest absolute Gasteiger partial charge is 0.251 e. The molecule has 0 heterocycles. The van der Waals surface area contributed by atoms with Gasteiger partial charge in [-0.1, -0.05) is 18.6 Å². The van der Waals surface area contributed by atoms with Crippen LogP contribution in [0.1, 0.15) is 55.5 Å². The average Bonchev–Trinajstić information content (AvgIpc) is 2.72. The number of hydrogen-bond donors (Lipinski definition) is 4. The quantitative estimate of drug-likeness (QED) is 0.414. The van der Waals surface area contributed by atoms with Crippen LogP contribution < -0.4 is 21.3 Å². The molecule has 1 fully saturated rings. The van der Waals surface area contributed by atoms with Crippen LogP contribution in [0.25, 0.3) is 0 Å². The summed E-state index contributed by atoms with van der Waals surface area (Å²) >= 11 is 0. The van der Waals surface area contributed by atoms with Crippen LogP contribution >= 0.6 is 0 Å². The van der Waals surface area contributed by atoms with Crippen molar-refractivity contribution in [2.45, 2.75) is 58.0 Å². The van der Waals surface area contributed by atoms with Crippen molar-refractivity contribution in [1.29, 1.82) is 0 Å². The van der Waals surface area contributed by atoms with Gasteiger partial charge in [0, 0.05) is 44.2 Å². The van der Waals surface area contributed by atoms with Gasteiger partial charge in [0.15, 0.2) is 5.96 Å². The summed E-state index contributed by atoms with van der Waals surface area (Å²) in [6.07, 6.45) is 4.64. The van der Waals surface area contributed by atoms with Crippen molar-refractivity contribution in [2.24, 2.45) is 10.9 Å². The van der Waals surface area contributed by atoms with Crippen LogP contribution in [0.2, 0.25) is 0 Å². The number of amides is 2. The predicted molar refractivity (Wildman–Crippen MR) is 117 cm³/mol. The summed E-state index contributed by atoms with van der Waals surface area (Å²) in [6.45, 7) is 4.69. The molecule has 2 atom stereocenters. The van der Waals surface area contributed by atoms with Gasteiger partial charge in [-0.05, 0) is 57.2 Å². The Bertz CT molecular complexity index is 717. The number of benzene rings is 1. The molecule has 2 unspecified atom stereocenters. The lowest BCUT2D eigenvalue weighted by atomic mass is 9.85. The third-order valence-corrected chi connectivity index (χ3v) is 5.16. The maximum absolute atomic E-state index is 12.3. The highest BCUT2D eigenvalue weighted by molar-refractivity contribution is 5.94. The lowest BCUT2D eigenvalue weighted by Crippen LogP contribution is -2.47. The Morgan fingerprint density at radius 1 is 1.24 bits per heavy atom. The normalized spacial score (nSPS) is 19.6. The fraction of sp³-hybridized carbons (Fsp3) is 0.591. The summed E-state index contributed by atoms with van der Waals surface area (Å²) < 4.78 is 0. The molecular weight excluding hydrogens is 366 g/mol. The molecule has 7 nitrogen and oxygen atoms in total. The first kappa shape index (κ1) is 22.7. The summed E-state index contributed by atoms with van der Waals surface area (Å²) in [4.78, 5) is 28.4. The number of nitrogens with zero attached hydrogens (tertiary/aromatic N) is 1. The first-order valence-electron chi connectivity index (χ1n) is 10.5. The zero-order valence-corrected chi connectivity index (χ0v) is 18.0. The van der Waals surface area contributed by atoms with Gasteiger partial charge in [-0.3, -0.25) is 14.6 Å². The van der Waals surface area contributed by atoms with E-state index in [0.717, 1.165) is 43.6 Å². The van der Waals surface area contributed by atoms with Crippen LogP contribution in [0.4, 0.5) is 0 Å². The van der Waals surface area contributed by atoms with Crippen molar-refractivity contribution >= 4 is 17.8 Å². The molecule has 2 amide bonds. The van der Waals surface area contributed by atoms with E-state index in [0.29, 0.717) is 12.1 Å². The second-order valence-electron chi connectivity index (χ2n) is 7.90. The van der Waals surface area contributed by atoms with Gasteiger partial charge in [0.1, 0.15) is 0 Å².